The molecule has 1 saturated heterocycles. The van der Waals surface area contributed by atoms with Gasteiger partial charge in [-0.1, -0.05) is 62.1 Å². The molecule has 0 bridgehead atoms. The molecule has 0 amide bonds. The van der Waals surface area contributed by atoms with E-state index in [-0.39, 0.29) is 17.7 Å². The Labute approximate surface area is 300 Å². The number of aryl methyl sites for hydroxylation is 4. The minimum Gasteiger partial charge on any atom is -0.353 e. The Kier molecular flexibility index (Phi) is 20.2. The summed E-state index contributed by atoms with van der Waals surface area (Å²) in [6, 6.07) is 12.1. The van der Waals surface area contributed by atoms with Crippen molar-refractivity contribution in [2.45, 2.75) is 97.2 Å². The number of thiol groups is 1. The van der Waals surface area contributed by atoms with Gasteiger partial charge < -0.3 is 17.5 Å². The van der Waals surface area contributed by atoms with Crippen molar-refractivity contribution in [3.8, 4) is 0 Å². The number of halogens is 3. The third kappa shape index (κ3) is 16.1. The summed E-state index contributed by atoms with van der Waals surface area (Å²) in [7, 11) is -0.600. The lowest BCUT2D eigenvalue weighted by Gasteiger charge is -2.24. The van der Waals surface area contributed by atoms with Crippen LogP contribution in [0.5, 0.6) is 0 Å². The Hall–Kier alpha value is -0.700. The first-order valence-electron chi connectivity index (χ1n) is 15.0. The summed E-state index contributed by atoms with van der Waals surface area (Å²) < 4.78 is 48.1. The Morgan fingerprint density at radius 2 is 1.35 bits per heavy atom. The maximum absolute atomic E-state index is 12.6. The molecule has 258 valence electrons. The molecule has 12 heteroatoms. The van der Waals surface area contributed by atoms with Gasteiger partial charge in [-0.3, -0.25) is 22.4 Å². The molecule has 0 aliphatic carbocycles. The number of hydrogen-bond donors (Lipinski definition) is 1. The second-order valence-corrected chi connectivity index (χ2v) is 23.0. The van der Waals surface area contributed by atoms with Gasteiger partial charge in [0.2, 0.25) is 0 Å². The number of benzene rings is 3. The monoisotopic (exact) mass is 767 g/mol. The zero-order valence-corrected chi connectivity index (χ0v) is 33.6. The van der Waals surface area contributed by atoms with Crippen molar-refractivity contribution in [1.82, 2.24) is 0 Å². The van der Waals surface area contributed by atoms with Crippen molar-refractivity contribution >= 4 is 70.6 Å². The van der Waals surface area contributed by atoms with Gasteiger partial charge in [-0.05, 0) is 129 Å². The number of rotatable bonds is 6. The van der Waals surface area contributed by atoms with Gasteiger partial charge in [0, 0.05) is 16.4 Å². The first-order valence-corrected chi connectivity index (χ1v) is 22.6. The molecule has 0 N–H and O–H groups in total. The van der Waals surface area contributed by atoms with Gasteiger partial charge in [0.25, 0.3) is 0 Å². The van der Waals surface area contributed by atoms with Gasteiger partial charge in [0.15, 0.2) is 6.29 Å². The number of hydrogen-bond acceptors (Lipinski definition) is 7. The average Bonchev–Trinajstić information content (AvgIpc) is 2.96. The molecule has 0 unspecified atom stereocenters. The fourth-order valence-electron chi connectivity index (χ4n) is 4.05. The Bertz CT molecular complexity index is 1560. The molecule has 1 aliphatic heterocycles. The highest BCUT2D eigenvalue weighted by molar-refractivity contribution is 8.93. The quantitative estimate of drug-likeness (QED) is 0.116. The SMILES string of the molecule is CC1COC(C)OC1.CCCCCc1cc([S-](=S)=S)c(C)c(S(=S)(=S)S)c1.Cc1cc(F)c(C)c(F)c1.Cc1ccc(C)c(F)c1. The number of unbranched alkanes of at least 4 members (excludes halogenated alkanes) is 2. The smallest absolute Gasteiger partial charge is 0.154 e. The lowest BCUT2D eigenvalue weighted by molar-refractivity contribution is -0.187. The fourth-order valence-corrected chi connectivity index (χ4v) is 8.16. The van der Waals surface area contributed by atoms with E-state index in [1.54, 1.807) is 19.9 Å². The van der Waals surface area contributed by atoms with Crippen LogP contribution in [0.2, 0.25) is 0 Å². The van der Waals surface area contributed by atoms with Crippen LogP contribution in [0, 0.1) is 58.0 Å². The van der Waals surface area contributed by atoms with Crippen LogP contribution in [0.4, 0.5) is 13.2 Å². The molecule has 0 atom stereocenters. The normalized spacial score (nSPS) is 15.9. The van der Waals surface area contributed by atoms with Crippen molar-refractivity contribution in [2.75, 3.05) is 13.2 Å². The van der Waals surface area contributed by atoms with Gasteiger partial charge in [0.05, 0.1) is 13.2 Å². The van der Waals surface area contributed by atoms with Crippen LogP contribution in [0.3, 0.4) is 0 Å². The van der Waals surface area contributed by atoms with Crippen LogP contribution in [-0.4, -0.2) is 19.5 Å². The topological polar surface area (TPSA) is 18.5 Å². The Morgan fingerprint density at radius 3 is 1.78 bits per heavy atom. The van der Waals surface area contributed by atoms with E-state index in [1.165, 1.54) is 49.9 Å². The molecular formula is C34H46F3O2S7-. The van der Waals surface area contributed by atoms with Crippen LogP contribution in [0.15, 0.2) is 52.3 Å². The molecule has 0 radical (unpaired) electrons. The predicted octanol–water partition coefficient (Wildman–Crippen LogP) is 9.95. The zero-order valence-electron chi connectivity index (χ0n) is 27.8. The molecular weight excluding hydrogens is 722 g/mol. The lowest BCUT2D eigenvalue weighted by Crippen LogP contribution is -2.27. The van der Waals surface area contributed by atoms with Crippen molar-refractivity contribution < 1.29 is 22.6 Å². The third-order valence-corrected chi connectivity index (χ3v) is 11.4. The van der Waals surface area contributed by atoms with Gasteiger partial charge in [-0.15, -0.1) is 4.90 Å². The summed E-state index contributed by atoms with van der Waals surface area (Å²) in [6.07, 6.45) is 2.79. The molecule has 3 aromatic carbocycles. The van der Waals surface area contributed by atoms with E-state index in [2.05, 4.69) is 37.6 Å². The molecule has 3 aromatic rings. The van der Waals surface area contributed by atoms with Crippen LogP contribution in [-0.2, 0) is 74.8 Å². The highest BCUT2D eigenvalue weighted by Crippen LogP contribution is 2.27. The fraction of sp³-hybridized carbons (Fsp3) is 0.471. The molecule has 1 aliphatic rings. The summed E-state index contributed by atoms with van der Waals surface area (Å²) in [4.78, 5) is 2.02. The summed E-state index contributed by atoms with van der Waals surface area (Å²) >= 11 is 25.7. The van der Waals surface area contributed by atoms with Crippen LogP contribution in [0.1, 0.15) is 73.4 Å². The minimum absolute atomic E-state index is 0.0196. The average molecular weight is 768 g/mol. The number of ether oxygens (including phenoxy) is 2. The molecule has 0 aromatic heterocycles. The van der Waals surface area contributed by atoms with Crippen LogP contribution >= 0.6 is 11.7 Å². The van der Waals surface area contributed by atoms with Crippen LogP contribution < -0.4 is 0 Å². The summed E-state index contributed by atoms with van der Waals surface area (Å²) in [5, 5.41) is 0. The van der Waals surface area contributed by atoms with Crippen molar-refractivity contribution in [1.29, 1.82) is 0 Å². The van der Waals surface area contributed by atoms with E-state index in [0.717, 1.165) is 40.6 Å². The summed E-state index contributed by atoms with van der Waals surface area (Å²) in [6.45, 7) is 16.7. The predicted molar refractivity (Wildman–Crippen MR) is 206 cm³/mol. The van der Waals surface area contributed by atoms with Crippen molar-refractivity contribution in [2.24, 2.45) is 5.92 Å². The lowest BCUT2D eigenvalue weighted by atomic mass is 10.1. The second kappa shape index (κ2) is 21.4. The molecule has 2 nitrogen and oxygen atoms in total. The molecule has 4 rings (SSSR count). The first-order chi connectivity index (χ1) is 21.4. The minimum atomic E-state index is -1.87. The van der Waals surface area contributed by atoms with Crippen LogP contribution in [0.25, 0.3) is 0 Å². The van der Waals surface area contributed by atoms with E-state index < -0.39 is 25.8 Å². The highest BCUT2D eigenvalue weighted by Gasteiger charge is 2.13. The largest absolute Gasteiger partial charge is 0.353 e. The molecule has 0 spiro atoms. The Morgan fingerprint density at radius 1 is 0.804 bits per heavy atom. The van der Waals surface area contributed by atoms with Crippen molar-refractivity contribution in [3.63, 3.8) is 0 Å². The third-order valence-electron chi connectivity index (χ3n) is 6.88. The summed E-state index contributed by atoms with van der Waals surface area (Å²) in [5.74, 6) is -0.490. The molecule has 0 saturated carbocycles. The maximum atomic E-state index is 12.6. The van der Waals surface area contributed by atoms with Gasteiger partial charge in [-0.2, -0.15) is 0 Å². The first kappa shape index (κ1) is 43.3. The van der Waals surface area contributed by atoms with E-state index in [1.807, 2.05) is 26.8 Å². The van der Waals surface area contributed by atoms with Gasteiger partial charge in [0.1, 0.15) is 17.5 Å². The van der Waals surface area contributed by atoms with Gasteiger partial charge >= 0.3 is 0 Å². The van der Waals surface area contributed by atoms with E-state index in [4.69, 9.17) is 54.2 Å². The van der Waals surface area contributed by atoms with E-state index in [9.17, 15) is 13.2 Å². The standard InChI is InChI=1S/C12H17S7.C8H8F2.C8H9F.C6H12O2/c1-3-4-5-6-10-7-11(18(13)14)9(2)12(8-10)19(15,16)17;1-5-3-7(9)6(2)8(10)4-5;1-6-3-4-7(2)8(9)5-6;1-5-3-7-6(2)8-4-5/h7-8H,3-6H2,1-2H3,(H,15,16,17);3-4H,1-2H3;3-5H,1-2H3;5-6H,3-4H2,1-2H3/q-1;;;. The Balaban J connectivity index is 0.000000330. The molecule has 46 heavy (non-hydrogen) atoms. The molecule has 1 heterocycles. The van der Waals surface area contributed by atoms with Crippen molar-refractivity contribution in [3.05, 3.63) is 93.3 Å². The van der Waals surface area contributed by atoms with E-state index >= 15 is 0 Å². The van der Waals surface area contributed by atoms with Gasteiger partial charge in [-0.25, -0.2) is 13.2 Å². The summed E-state index contributed by atoms with van der Waals surface area (Å²) in [5.41, 5.74) is 4.68. The second-order valence-electron chi connectivity index (χ2n) is 11.3. The highest BCUT2D eigenvalue weighted by atomic mass is 33.5. The maximum Gasteiger partial charge on any atom is 0.154 e. The molecule has 1 fully saturated rings. The zero-order chi connectivity index (χ0) is 35.2. The van der Waals surface area contributed by atoms with E-state index in [0.29, 0.717) is 17.0 Å².